The minimum absolute atomic E-state index is 0.0510. The molecule has 1 N–H and O–H groups in total. The lowest BCUT2D eigenvalue weighted by molar-refractivity contribution is -0.123. The van der Waals surface area contributed by atoms with Gasteiger partial charge in [0.25, 0.3) is 0 Å². The van der Waals surface area contributed by atoms with Crippen LogP contribution in [0.5, 0.6) is 0 Å². The monoisotopic (exact) mass is 367 g/mol. The Morgan fingerprint density at radius 2 is 1.96 bits per heavy atom. The van der Waals surface area contributed by atoms with Gasteiger partial charge in [-0.25, -0.2) is 9.37 Å². The average molecular weight is 367 g/mol. The summed E-state index contributed by atoms with van der Waals surface area (Å²) in [6, 6.07) is 11.6. The largest absolute Gasteiger partial charge is 0.354 e. The second-order valence-corrected chi connectivity index (χ2v) is 6.62. The molecule has 6 nitrogen and oxygen atoms in total. The van der Waals surface area contributed by atoms with Crippen LogP contribution in [0.4, 0.5) is 10.2 Å². The van der Waals surface area contributed by atoms with E-state index in [9.17, 15) is 9.18 Å². The molecule has 1 unspecified atom stereocenters. The third-order valence-electron chi connectivity index (χ3n) is 4.69. The molecule has 2 aromatic rings. The van der Waals surface area contributed by atoms with Crippen LogP contribution < -0.4 is 10.2 Å². The van der Waals surface area contributed by atoms with Gasteiger partial charge in [0.05, 0.1) is 24.2 Å². The Bertz CT molecular complexity index is 825. The summed E-state index contributed by atoms with van der Waals surface area (Å²) in [4.78, 5) is 20.9. The standard InChI is InChI=1S/C20H22FN5O/c1-15(17-2-4-18(21)5-3-17)24-20(27)14-25-8-10-26(11-9-25)19-12-16(13-22)6-7-23-19/h2-7,12,15H,8-11,14H2,1H3,(H,24,27). The van der Waals surface area contributed by atoms with E-state index in [1.165, 1.54) is 12.1 Å². The molecule has 1 aromatic heterocycles. The van der Waals surface area contributed by atoms with Gasteiger partial charge in [-0.1, -0.05) is 12.1 Å². The highest BCUT2D eigenvalue weighted by atomic mass is 19.1. The number of pyridine rings is 1. The van der Waals surface area contributed by atoms with Gasteiger partial charge in [0.1, 0.15) is 11.6 Å². The molecule has 1 amide bonds. The number of amides is 1. The number of rotatable bonds is 5. The Morgan fingerprint density at radius 1 is 1.26 bits per heavy atom. The second kappa shape index (κ2) is 8.60. The first-order valence-corrected chi connectivity index (χ1v) is 8.93. The molecule has 1 aliphatic rings. The first-order chi connectivity index (χ1) is 13.0. The number of nitriles is 1. The molecule has 1 aliphatic heterocycles. The van der Waals surface area contributed by atoms with E-state index in [4.69, 9.17) is 5.26 Å². The molecule has 7 heteroatoms. The molecule has 1 atom stereocenters. The lowest BCUT2D eigenvalue weighted by atomic mass is 10.1. The van der Waals surface area contributed by atoms with Crippen molar-refractivity contribution in [2.75, 3.05) is 37.6 Å². The van der Waals surface area contributed by atoms with Crippen LogP contribution in [0.3, 0.4) is 0 Å². The fourth-order valence-corrected chi connectivity index (χ4v) is 3.12. The van der Waals surface area contributed by atoms with E-state index in [-0.39, 0.29) is 17.8 Å². The first kappa shape index (κ1) is 18.8. The molecular formula is C20H22FN5O. The number of halogens is 1. The summed E-state index contributed by atoms with van der Waals surface area (Å²) >= 11 is 0. The van der Waals surface area contributed by atoms with E-state index < -0.39 is 0 Å². The summed E-state index contributed by atoms with van der Waals surface area (Å²) < 4.78 is 13.0. The van der Waals surface area contributed by atoms with Crippen molar-refractivity contribution in [2.24, 2.45) is 0 Å². The summed E-state index contributed by atoms with van der Waals surface area (Å²) in [6.45, 7) is 5.21. The SMILES string of the molecule is CC(NC(=O)CN1CCN(c2cc(C#N)ccn2)CC1)c1ccc(F)cc1. The molecule has 3 rings (SSSR count). The lowest BCUT2D eigenvalue weighted by Gasteiger charge is -2.35. The summed E-state index contributed by atoms with van der Waals surface area (Å²) in [5.74, 6) is 0.456. The van der Waals surface area contributed by atoms with Gasteiger partial charge < -0.3 is 10.2 Å². The number of anilines is 1. The number of carbonyl (C=O) groups is 1. The lowest BCUT2D eigenvalue weighted by Crippen LogP contribution is -2.49. The molecule has 0 aliphatic carbocycles. The zero-order chi connectivity index (χ0) is 19.2. The van der Waals surface area contributed by atoms with Crippen LogP contribution in [0, 0.1) is 17.1 Å². The van der Waals surface area contributed by atoms with Crippen molar-refractivity contribution in [2.45, 2.75) is 13.0 Å². The maximum atomic E-state index is 13.0. The Labute approximate surface area is 158 Å². The third-order valence-corrected chi connectivity index (χ3v) is 4.69. The van der Waals surface area contributed by atoms with Gasteiger partial charge in [-0.2, -0.15) is 5.26 Å². The summed E-state index contributed by atoms with van der Waals surface area (Å²) in [7, 11) is 0. The van der Waals surface area contributed by atoms with Crippen molar-refractivity contribution in [3.8, 4) is 6.07 Å². The molecule has 140 valence electrons. The number of piperazine rings is 1. The van der Waals surface area contributed by atoms with Gasteiger partial charge in [0.2, 0.25) is 5.91 Å². The predicted molar refractivity (Wildman–Crippen MR) is 101 cm³/mol. The molecule has 0 spiro atoms. The second-order valence-electron chi connectivity index (χ2n) is 6.62. The minimum atomic E-state index is -0.287. The van der Waals surface area contributed by atoms with Crippen LogP contribution in [0.2, 0.25) is 0 Å². The quantitative estimate of drug-likeness (QED) is 0.876. The molecule has 1 aromatic carbocycles. The van der Waals surface area contributed by atoms with E-state index in [0.29, 0.717) is 12.1 Å². The van der Waals surface area contributed by atoms with Gasteiger partial charge in [0.15, 0.2) is 0 Å². The van der Waals surface area contributed by atoms with Crippen molar-refractivity contribution in [1.29, 1.82) is 5.26 Å². The van der Waals surface area contributed by atoms with E-state index in [1.54, 1.807) is 30.5 Å². The van der Waals surface area contributed by atoms with E-state index in [0.717, 1.165) is 37.6 Å². The van der Waals surface area contributed by atoms with Crippen molar-refractivity contribution < 1.29 is 9.18 Å². The molecule has 0 saturated carbocycles. The fourth-order valence-electron chi connectivity index (χ4n) is 3.12. The van der Waals surface area contributed by atoms with Gasteiger partial charge in [-0.05, 0) is 36.8 Å². The zero-order valence-corrected chi connectivity index (χ0v) is 15.2. The van der Waals surface area contributed by atoms with Crippen molar-refractivity contribution in [3.05, 3.63) is 59.5 Å². The van der Waals surface area contributed by atoms with Gasteiger partial charge in [0, 0.05) is 32.4 Å². The highest BCUT2D eigenvalue weighted by molar-refractivity contribution is 5.78. The number of nitrogens with one attached hydrogen (secondary N) is 1. The maximum Gasteiger partial charge on any atom is 0.234 e. The molecular weight excluding hydrogens is 345 g/mol. The van der Waals surface area contributed by atoms with Crippen LogP contribution in [0.1, 0.15) is 24.1 Å². The van der Waals surface area contributed by atoms with Crippen LogP contribution >= 0.6 is 0 Å². The number of aromatic nitrogens is 1. The molecule has 1 fully saturated rings. The number of benzene rings is 1. The Morgan fingerprint density at radius 3 is 2.63 bits per heavy atom. The fraction of sp³-hybridized carbons (Fsp3) is 0.350. The molecule has 0 radical (unpaired) electrons. The Hall–Kier alpha value is -2.98. The normalized spacial score (nSPS) is 15.8. The van der Waals surface area contributed by atoms with Crippen molar-refractivity contribution >= 4 is 11.7 Å². The Kier molecular flexibility index (Phi) is 5.99. The predicted octanol–water partition coefficient (Wildman–Crippen LogP) is 2.09. The summed E-state index contributed by atoms with van der Waals surface area (Å²) in [5, 5.41) is 12.0. The number of hydrogen-bond acceptors (Lipinski definition) is 5. The van der Waals surface area contributed by atoms with Gasteiger partial charge in [-0.3, -0.25) is 9.69 Å². The molecule has 27 heavy (non-hydrogen) atoms. The van der Waals surface area contributed by atoms with Crippen molar-refractivity contribution in [3.63, 3.8) is 0 Å². The average Bonchev–Trinajstić information content (AvgIpc) is 2.69. The number of carbonyl (C=O) groups excluding carboxylic acids is 1. The Balaban J connectivity index is 1.47. The molecule has 0 bridgehead atoms. The van der Waals surface area contributed by atoms with E-state index in [1.807, 2.05) is 6.92 Å². The topological polar surface area (TPSA) is 72.3 Å². The van der Waals surface area contributed by atoms with Gasteiger partial charge >= 0.3 is 0 Å². The molecule has 2 heterocycles. The highest BCUT2D eigenvalue weighted by Gasteiger charge is 2.21. The van der Waals surface area contributed by atoms with Crippen molar-refractivity contribution in [1.82, 2.24) is 15.2 Å². The van der Waals surface area contributed by atoms with Crippen LogP contribution in [-0.4, -0.2) is 48.5 Å². The highest BCUT2D eigenvalue weighted by Crippen LogP contribution is 2.15. The zero-order valence-electron chi connectivity index (χ0n) is 15.2. The maximum absolute atomic E-state index is 13.0. The first-order valence-electron chi connectivity index (χ1n) is 8.93. The number of hydrogen-bond donors (Lipinski definition) is 1. The number of nitrogens with zero attached hydrogens (tertiary/aromatic N) is 4. The third kappa shape index (κ3) is 5.02. The van der Waals surface area contributed by atoms with Crippen LogP contribution in [0.15, 0.2) is 42.6 Å². The van der Waals surface area contributed by atoms with E-state index >= 15 is 0 Å². The summed E-state index contributed by atoms with van der Waals surface area (Å²) in [5.41, 5.74) is 1.47. The van der Waals surface area contributed by atoms with Crippen LogP contribution in [0.25, 0.3) is 0 Å². The van der Waals surface area contributed by atoms with Crippen LogP contribution in [-0.2, 0) is 4.79 Å². The van der Waals surface area contributed by atoms with Gasteiger partial charge in [-0.15, -0.1) is 0 Å². The van der Waals surface area contributed by atoms with E-state index in [2.05, 4.69) is 26.2 Å². The minimum Gasteiger partial charge on any atom is -0.354 e. The molecule has 1 saturated heterocycles. The summed E-state index contributed by atoms with van der Waals surface area (Å²) in [6.07, 6.45) is 1.64. The smallest absolute Gasteiger partial charge is 0.234 e.